The summed E-state index contributed by atoms with van der Waals surface area (Å²) in [5, 5.41) is 10.4. The van der Waals surface area contributed by atoms with Crippen LogP contribution >= 0.6 is 0 Å². The Morgan fingerprint density at radius 3 is 2.76 bits per heavy atom. The fourth-order valence-electron chi connectivity index (χ4n) is 6.01. The summed E-state index contributed by atoms with van der Waals surface area (Å²) in [5.74, 6) is 1.36. The largest absolute Gasteiger partial charge is 0.393 e. The lowest BCUT2D eigenvalue weighted by Gasteiger charge is -2.55. The van der Waals surface area contributed by atoms with Gasteiger partial charge in [-0.15, -0.1) is 0 Å². The smallest absolute Gasteiger partial charge is 0.159 e. The monoisotopic (exact) mass is 286 g/mol. The Bertz CT molecular complexity index is 546. The van der Waals surface area contributed by atoms with Gasteiger partial charge in [0, 0.05) is 5.92 Å². The zero-order valence-electron chi connectivity index (χ0n) is 13.1. The lowest BCUT2D eigenvalue weighted by Crippen LogP contribution is -2.52. The number of aliphatic hydroxyl groups is 1. The summed E-state index contributed by atoms with van der Waals surface area (Å²) in [5.41, 5.74) is 1.42. The molecule has 1 N–H and O–H groups in total. The molecular weight excluding hydrogens is 260 g/mol. The lowest BCUT2D eigenvalue weighted by molar-refractivity contribution is -0.134. The highest BCUT2D eigenvalue weighted by Crippen LogP contribution is 2.63. The molecule has 0 aromatic rings. The summed E-state index contributed by atoms with van der Waals surface area (Å²) >= 11 is 0. The molecule has 0 radical (unpaired) electrons. The SMILES string of the molecule is C[C@]12CCC=CC1=CC(=O)[C@@H]1[C@H]2CC[C@]2(C)C(O)CC[C@@H]12. The number of fused-ring (bicyclic) bond motifs is 5. The van der Waals surface area contributed by atoms with E-state index in [9.17, 15) is 9.90 Å². The van der Waals surface area contributed by atoms with Gasteiger partial charge in [0.1, 0.15) is 0 Å². The molecule has 0 spiro atoms. The maximum atomic E-state index is 12.8. The third kappa shape index (κ3) is 1.66. The standard InChI is InChI=1S/C19H26O2/c1-18-9-4-3-5-12(18)11-15(20)17-13-6-7-16(21)19(13,2)10-8-14(17)18/h3,5,11,13-14,16-17,21H,4,6-10H2,1-2H3/t13-,14+,16?,17-,18-,19-/m0/s1. The van der Waals surface area contributed by atoms with Crippen molar-refractivity contribution in [3.05, 3.63) is 23.8 Å². The number of hydrogen-bond acceptors (Lipinski definition) is 2. The first-order chi connectivity index (χ1) is 9.97. The highest BCUT2D eigenvalue weighted by atomic mass is 16.3. The average molecular weight is 286 g/mol. The van der Waals surface area contributed by atoms with Crippen LogP contribution in [-0.4, -0.2) is 17.0 Å². The first-order valence-electron chi connectivity index (χ1n) is 8.57. The van der Waals surface area contributed by atoms with Crippen LogP contribution in [0.25, 0.3) is 0 Å². The molecule has 4 aliphatic rings. The molecule has 0 aliphatic heterocycles. The van der Waals surface area contributed by atoms with E-state index in [1.165, 1.54) is 12.0 Å². The first kappa shape index (κ1) is 13.8. The number of allylic oxidation sites excluding steroid dienone is 4. The van der Waals surface area contributed by atoms with Crippen molar-refractivity contribution in [3.8, 4) is 0 Å². The van der Waals surface area contributed by atoms with E-state index in [1.807, 2.05) is 6.08 Å². The molecule has 114 valence electrons. The van der Waals surface area contributed by atoms with Crippen LogP contribution in [0, 0.1) is 28.6 Å². The van der Waals surface area contributed by atoms with E-state index in [2.05, 4.69) is 26.0 Å². The fraction of sp³-hybridized carbons (Fsp3) is 0.737. The van der Waals surface area contributed by atoms with Crippen molar-refractivity contribution >= 4 is 5.78 Å². The quantitative estimate of drug-likeness (QED) is 0.738. The van der Waals surface area contributed by atoms with E-state index in [0.29, 0.717) is 17.6 Å². The second kappa shape index (κ2) is 4.32. The highest BCUT2D eigenvalue weighted by molar-refractivity contribution is 5.95. The van der Waals surface area contributed by atoms with Crippen molar-refractivity contribution in [3.63, 3.8) is 0 Å². The molecule has 0 heterocycles. The van der Waals surface area contributed by atoms with Crippen molar-refractivity contribution in [2.24, 2.45) is 28.6 Å². The molecule has 0 aromatic heterocycles. The van der Waals surface area contributed by atoms with Gasteiger partial charge < -0.3 is 5.11 Å². The van der Waals surface area contributed by atoms with E-state index in [1.54, 1.807) is 0 Å². The van der Waals surface area contributed by atoms with Gasteiger partial charge in [-0.3, -0.25) is 4.79 Å². The van der Waals surface area contributed by atoms with E-state index >= 15 is 0 Å². The second-order valence-corrected chi connectivity index (χ2v) is 8.24. The average Bonchev–Trinajstić information content (AvgIpc) is 2.76. The van der Waals surface area contributed by atoms with Crippen LogP contribution in [0.15, 0.2) is 23.8 Å². The molecule has 21 heavy (non-hydrogen) atoms. The Morgan fingerprint density at radius 1 is 1.14 bits per heavy atom. The number of ketones is 1. The molecule has 0 amide bonds. The highest BCUT2D eigenvalue weighted by Gasteiger charge is 2.60. The molecule has 0 saturated heterocycles. The minimum atomic E-state index is -0.208. The van der Waals surface area contributed by atoms with Crippen LogP contribution < -0.4 is 0 Å². The molecule has 4 rings (SSSR count). The van der Waals surface area contributed by atoms with Crippen molar-refractivity contribution in [1.82, 2.24) is 0 Å². The molecular formula is C19H26O2. The third-order valence-electron chi connectivity index (χ3n) is 7.45. The molecule has 0 aromatic carbocycles. The van der Waals surface area contributed by atoms with Gasteiger partial charge in [0.05, 0.1) is 6.10 Å². The van der Waals surface area contributed by atoms with Crippen molar-refractivity contribution in [1.29, 1.82) is 0 Å². The minimum Gasteiger partial charge on any atom is -0.393 e. The summed E-state index contributed by atoms with van der Waals surface area (Å²) in [6.45, 7) is 4.60. The number of hydrogen-bond donors (Lipinski definition) is 1. The second-order valence-electron chi connectivity index (χ2n) is 8.24. The lowest BCUT2D eigenvalue weighted by atomic mass is 9.48. The van der Waals surface area contributed by atoms with Gasteiger partial charge in [0.25, 0.3) is 0 Å². The summed E-state index contributed by atoms with van der Waals surface area (Å²) < 4.78 is 0. The normalized spacial score (nSPS) is 52.0. The topological polar surface area (TPSA) is 37.3 Å². The summed E-state index contributed by atoms with van der Waals surface area (Å²) in [7, 11) is 0. The summed E-state index contributed by atoms with van der Waals surface area (Å²) in [4.78, 5) is 12.8. The van der Waals surface area contributed by atoms with Crippen LogP contribution in [0.1, 0.15) is 52.4 Å². The van der Waals surface area contributed by atoms with E-state index in [4.69, 9.17) is 0 Å². The van der Waals surface area contributed by atoms with Crippen LogP contribution in [-0.2, 0) is 4.79 Å². The predicted molar refractivity (Wildman–Crippen MR) is 82.6 cm³/mol. The molecule has 2 saturated carbocycles. The zero-order valence-corrected chi connectivity index (χ0v) is 13.1. The Morgan fingerprint density at radius 2 is 1.95 bits per heavy atom. The Balaban J connectivity index is 1.79. The van der Waals surface area contributed by atoms with E-state index < -0.39 is 0 Å². The van der Waals surface area contributed by atoms with Gasteiger partial charge in [0.15, 0.2) is 5.78 Å². The van der Waals surface area contributed by atoms with E-state index in [0.717, 1.165) is 32.1 Å². The van der Waals surface area contributed by atoms with E-state index in [-0.39, 0.29) is 22.9 Å². The van der Waals surface area contributed by atoms with Crippen LogP contribution in [0.4, 0.5) is 0 Å². The van der Waals surface area contributed by atoms with Crippen LogP contribution in [0.3, 0.4) is 0 Å². The maximum Gasteiger partial charge on any atom is 0.159 e. The number of carbonyl (C=O) groups is 1. The van der Waals surface area contributed by atoms with Crippen molar-refractivity contribution < 1.29 is 9.90 Å². The predicted octanol–water partition coefficient (Wildman–Crippen LogP) is 3.66. The Hall–Kier alpha value is -0.890. The minimum absolute atomic E-state index is 0.0248. The maximum absolute atomic E-state index is 12.8. The van der Waals surface area contributed by atoms with Crippen molar-refractivity contribution in [2.45, 2.75) is 58.5 Å². The van der Waals surface area contributed by atoms with Crippen LogP contribution in [0.5, 0.6) is 0 Å². The zero-order chi connectivity index (χ0) is 14.8. The van der Waals surface area contributed by atoms with Gasteiger partial charge in [-0.05, 0) is 72.8 Å². The number of carbonyl (C=O) groups excluding carboxylic acids is 1. The summed E-state index contributed by atoms with van der Waals surface area (Å²) in [6, 6.07) is 0. The van der Waals surface area contributed by atoms with Gasteiger partial charge in [-0.1, -0.05) is 26.0 Å². The molecule has 2 nitrogen and oxygen atoms in total. The van der Waals surface area contributed by atoms with Crippen LogP contribution in [0.2, 0.25) is 0 Å². The van der Waals surface area contributed by atoms with Crippen molar-refractivity contribution in [2.75, 3.05) is 0 Å². The summed E-state index contributed by atoms with van der Waals surface area (Å²) in [6.07, 6.45) is 12.5. The molecule has 1 unspecified atom stereocenters. The van der Waals surface area contributed by atoms with Gasteiger partial charge in [-0.2, -0.15) is 0 Å². The number of aliphatic hydroxyl groups excluding tert-OH is 1. The molecule has 2 fully saturated rings. The molecule has 4 aliphatic carbocycles. The molecule has 2 heteroatoms. The molecule has 0 bridgehead atoms. The number of rotatable bonds is 0. The van der Waals surface area contributed by atoms with Gasteiger partial charge in [0.2, 0.25) is 0 Å². The van der Waals surface area contributed by atoms with Gasteiger partial charge >= 0.3 is 0 Å². The fourth-order valence-corrected chi connectivity index (χ4v) is 6.01. The van der Waals surface area contributed by atoms with Gasteiger partial charge in [-0.25, -0.2) is 0 Å². The third-order valence-corrected chi connectivity index (χ3v) is 7.45. The molecule has 6 atom stereocenters. The Kier molecular flexibility index (Phi) is 2.83. The first-order valence-corrected chi connectivity index (χ1v) is 8.57. The Labute approximate surface area is 127 Å².